The zero-order valence-corrected chi connectivity index (χ0v) is 17.7. The quantitative estimate of drug-likeness (QED) is 0.166. The molecule has 1 aromatic rings. The number of carbonyl (C=O) groups excluding carboxylic acids is 2. The molecule has 0 aliphatic heterocycles. The van der Waals surface area contributed by atoms with E-state index >= 15 is 0 Å². The second-order valence-corrected chi connectivity index (χ2v) is 6.87. The van der Waals surface area contributed by atoms with E-state index < -0.39 is 42.4 Å². The van der Waals surface area contributed by atoms with Gasteiger partial charge in [-0.15, -0.1) is 0 Å². The molecule has 1 rings (SSSR count). The molecule has 7 N–H and O–H groups in total. The van der Waals surface area contributed by atoms with E-state index in [0.717, 1.165) is 0 Å². The minimum atomic E-state index is -1.49. The number of rotatable bonds is 15. The van der Waals surface area contributed by atoms with Crippen LogP contribution in [0.4, 0.5) is 10.5 Å². The number of carbonyl (C=O) groups is 5. The Hall–Kier alpha value is -3.71. The summed E-state index contributed by atoms with van der Waals surface area (Å²) in [6, 6.07) is 2.27. The number of carboxylic acids is 3. The lowest BCUT2D eigenvalue weighted by Gasteiger charge is -2.18. The largest absolute Gasteiger partial charge is 0.481 e. The summed E-state index contributed by atoms with van der Waals surface area (Å²) in [5.41, 5.74) is 0.985. The van der Waals surface area contributed by atoms with Crippen molar-refractivity contribution < 1.29 is 49.1 Å². The average Bonchev–Trinajstić information content (AvgIpc) is 2.74. The van der Waals surface area contributed by atoms with Crippen molar-refractivity contribution >= 4 is 35.5 Å². The lowest BCUT2D eigenvalue weighted by molar-refractivity contribution is -0.140. The van der Waals surface area contributed by atoms with Gasteiger partial charge in [0.15, 0.2) is 0 Å². The summed E-state index contributed by atoms with van der Waals surface area (Å²) in [4.78, 5) is 57.1. The fourth-order valence-electron chi connectivity index (χ4n) is 2.60. The molecule has 0 aromatic heterocycles. The van der Waals surface area contributed by atoms with Gasteiger partial charge in [0, 0.05) is 18.5 Å². The Bertz CT molecular complexity index is 828. The molecule has 0 fully saturated rings. The van der Waals surface area contributed by atoms with Crippen LogP contribution in [0, 0.1) is 0 Å². The molecule has 33 heavy (non-hydrogen) atoms. The van der Waals surface area contributed by atoms with Crippen molar-refractivity contribution in [2.75, 3.05) is 25.1 Å². The van der Waals surface area contributed by atoms with Gasteiger partial charge in [-0.1, -0.05) is 12.1 Å². The van der Waals surface area contributed by atoms with Crippen molar-refractivity contribution in [1.82, 2.24) is 10.6 Å². The molecule has 3 amide bonds. The van der Waals surface area contributed by atoms with E-state index in [0.29, 0.717) is 11.3 Å². The number of aliphatic hydroxyl groups is 1. The molecular weight excluding hydrogens is 442 g/mol. The van der Waals surface area contributed by atoms with Crippen molar-refractivity contribution in [3.05, 3.63) is 29.8 Å². The lowest BCUT2D eigenvalue weighted by Crippen LogP contribution is -2.51. The first kappa shape index (κ1) is 27.3. The van der Waals surface area contributed by atoms with Gasteiger partial charge in [-0.3, -0.25) is 9.59 Å². The molecule has 2 atom stereocenters. The van der Waals surface area contributed by atoms with Crippen LogP contribution in [0.25, 0.3) is 0 Å². The number of amides is 3. The monoisotopic (exact) mass is 469 g/mol. The predicted molar refractivity (Wildman–Crippen MR) is 113 cm³/mol. The number of nitrogens with one attached hydrogen (secondary N) is 3. The summed E-state index contributed by atoms with van der Waals surface area (Å²) in [7, 11) is 0. The molecule has 0 radical (unpaired) electrons. The number of aliphatic hydroxyl groups excluding tert-OH is 1. The average molecular weight is 469 g/mol. The number of ether oxygens (including phenoxy) is 1. The topological polar surface area (TPSA) is 212 Å². The third-order valence-electron chi connectivity index (χ3n) is 4.24. The maximum absolute atomic E-state index is 12.0. The maximum Gasteiger partial charge on any atom is 0.326 e. The smallest absolute Gasteiger partial charge is 0.326 e. The number of aliphatic carboxylic acids is 3. The molecule has 13 heteroatoms. The van der Waals surface area contributed by atoms with Gasteiger partial charge < -0.3 is 41.1 Å². The number of carboxylic acid groups (broad SMARTS) is 3. The van der Waals surface area contributed by atoms with E-state index in [2.05, 4.69) is 16.0 Å². The second-order valence-electron chi connectivity index (χ2n) is 6.87. The first-order valence-corrected chi connectivity index (χ1v) is 9.94. The van der Waals surface area contributed by atoms with Gasteiger partial charge in [-0.2, -0.15) is 0 Å². The van der Waals surface area contributed by atoms with Gasteiger partial charge in [0.25, 0.3) is 0 Å². The summed E-state index contributed by atoms with van der Waals surface area (Å²) in [5.74, 6) is -4.35. The molecule has 0 saturated heterocycles. The van der Waals surface area contributed by atoms with E-state index in [1.54, 1.807) is 24.3 Å². The molecule has 0 bridgehead atoms. The van der Waals surface area contributed by atoms with Crippen molar-refractivity contribution in [1.29, 1.82) is 0 Å². The van der Waals surface area contributed by atoms with Gasteiger partial charge in [0.2, 0.25) is 5.91 Å². The Balaban J connectivity index is 2.62. The fourth-order valence-corrected chi connectivity index (χ4v) is 2.60. The van der Waals surface area contributed by atoms with Crippen molar-refractivity contribution in [2.24, 2.45) is 0 Å². The van der Waals surface area contributed by atoms with Crippen molar-refractivity contribution in [3.8, 4) is 0 Å². The first-order chi connectivity index (χ1) is 15.6. The highest BCUT2D eigenvalue weighted by molar-refractivity contribution is 5.90. The number of benzene rings is 1. The summed E-state index contributed by atoms with van der Waals surface area (Å²) in [5, 5.41) is 42.5. The standard InChI is InChI=1S/C20H27N3O10/c24-8-10-33-9-7-16(25)21-13-3-1-12(2-4-13)11-15(19(30)31)23-20(32)22-14(18(28)29)5-6-17(26)27/h1-4,14-15,24H,5-11H2,(H,21,25)(H,26,27)(H,28,29)(H,30,31)(H2,22,23,32)/t14-,15-/m0/s1. The Labute approximate surface area is 188 Å². The van der Waals surface area contributed by atoms with Crippen molar-refractivity contribution in [2.45, 2.75) is 37.8 Å². The lowest BCUT2D eigenvalue weighted by atomic mass is 10.1. The predicted octanol–water partition coefficient (Wildman–Crippen LogP) is -0.363. The summed E-state index contributed by atoms with van der Waals surface area (Å²) >= 11 is 0. The zero-order valence-electron chi connectivity index (χ0n) is 17.7. The van der Waals surface area contributed by atoms with Crippen LogP contribution in [0.2, 0.25) is 0 Å². The van der Waals surface area contributed by atoms with Crippen molar-refractivity contribution in [3.63, 3.8) is 0 Å². The number of anilines is 1. The Morgan fingerprint density at radius 1 is 0.848 bits per heavy atom. The number of hydrogen-bond donors (Lipinski definition) is 7. The third kappa shape index (κ3) is 11.5. The van der Waals surface area contributed by atoms with Crippen LogP contribution in [0.15, 0.2) is 24.3 Å². The van der Waals surface area contributed by atoms with E-state index in [9.17, 15) is 29.1 Å². The molecule has 1 aromatic carbocycles. The van der Waals surface area contributed by atoms with Gasteiger partial charge in [-0.05, 0) is 24.1 Å². The van der Waals surface area contributed by atoms with Crippen LogP contribution in [0.5, 0.6) is 0 Å². The molecule has 0 heterocycles. The molecule has 0 aliphatic rings. The van der Waals surface area contributed by atoms with Crippen LogP contribution >= 0.6 is 0 Å². The van der Waals surface area contributed by atoms with Crippen LogP contribution in [0.3, 0.4) is 0 Å². The Kier molecular flexibility index (Phi) is 11.9. The van der Waals surface area contributed by atoms with Crippen LogP contribution in [0.1, 0.15) is 24.8 Å². The van der Waals surface area contributed by atoms with Crippen LogP contribution < -0.4 is 16.0 Å². The summed E-state index contributed by atoms with van der Waals surface area (Å²) in [6.07, 6.45) is -0.890. The molecule has 0 aliphatic carbocycles. The molecule has 0 saturated carbocycles. The van der Waals surface area contributed by atoms with Gasteiger partial charge >= 0.3 is 23.9 Å². The van der Waals surface area contributed by atoms with E-state index in [4.69, 9.17) is 20.1 Å². The minimum absolute atomic E-state index is 0.0890. The highest BCUT2D eigenvalue weighted by atomic mass is 16.5. The Morgan fingerprint density at radius 2 is 1.45 bits per heavy atom. The summed E-state index contributed by atoms with van der Waals surface area (Å²) in [6.45, 7) is 0.150. The van der Waals surface area contributed by atoms with Crippen LogP contribution in [-0.4, -0.2) is 82.2 Å². The number of hydrogen-bond acceptors (Lipinski definition) is 7. The van der Waals surface area contributed by atoms with Gasteiger partial charge in [-0.25, -0.2) is 14.4 Å². The Morgan fingerprint density at radius 3 is 2.00 bits per heavy atom. The van der Waals surface area contributed by atoms with E-state index in [1.165, 1.54) is 0 Å². The van der Waals surface area contributed by atoms with Crippen LogP contribution in [-0.2, 0) is 30.3 Å². The summed E-state index contributed by atoms with van der Waals surface area (Å²) < 4.78 is 5.00. The highest BCUT2D eigenvalue weighted by Gasteiger charge is 2.25. The van der Waals surface area contributed by atoms with E-state index in [-0.39, 0.29) is 45.0 Å². The van der Waals surface area contributed by atoms with Gasteiger partial charge in [0.1, 0.15) is 12.1 Å². The molecular formula is C20H27N3O10. The normalized spacial score (nSPS) is 12.3. The third-order valence-corrected chi connectivity index (χ3v) is 4.24. The maximum atomic E-state index is 12.0. The molecule has 0 unspecified atom stereocenters. The zero-order chi connectivity index (χ0) is 24.8. The minimum Gasteiger partial charge on any atom is -0.481 e. The fraction of sp³-hybridized carbons (Fsp3) is 0.450. The molecule has 13 nitrogen and oxygen atoms in total. The number of urea groups is 1. The van der Waals surface area contributed by atoms with Gasteiger partial charge in [0.05, 0.1) is 26.2 Å². The first-order valence-electron chi connectivity index (χ1n) is 9.94. The molecule has 182 valence electrons. The molecule has 0 spiro atoms. The second kappa shape index (κ2) is 14.4. The van der Waals surface area contributed by atoms with E-state index in [1.807, 2.05) is 0 Å². The highest BCUT2D eigenvalue weighted by Crippen LogP contribution is 2.12. The SMILES string of the molecule is O=C(O)CC[C@H](NC(=O)N[C@@H](Cc1ccc(NC(=O)CCOCCO)cc1)C(=O)O)C(=O)O.